The van der Waals surface area contributed by atoms with Crippen molar-refractivity contribution in [1.29, 1.82) is 0 Å². The quantitative estimate of drug-likeness (QED) is 0.885. The van der Waals surface area contributed by atoms with E-state index >= 15 is 0 Å². The van der Waals surface area contributed by atoms with Crippen LogP contribution in [0.4, 0.5) is 0 Å². The monoisotopic (exact) mass is 356 g/mol. The SMILES string of the molecule is Cc1cc(C)cc(-n2c(C)cc(C(=O)NC[C@]3(O)CCO[C@@H]3C)c2C)c1. The Balaban J connectivity index is 1.84. The Morgan fingerprint density at radius 1 is 1.23 bits per heavy atom. The average Bonchev–Trinajstić information content (AvgIpc) is 3.04. The first-order valence-corrected chi connectivity index (χ1v) is 9.11. The van der Waals surface area contributed by atoms with E-state index in [9.17, 15) is 9.90 Å². The third-order valence-corrected chi connectivity index (χ3v) is 5.36. The molecule has 140 valence electrons. The van der Waals surface area contributed by atoms with Crippen LogP contribution in [-0.2, 0) is 4.74 Å². The van der Waals surface area contributed by atoms with Crippen molar-refractivity contribution in [3.05, 3.63) is 52.3 Å². The molecule has 1 aliphatic rings. The molecule has 3 rings (SSSR count). The van der Waals surface area contributed by atoms with Gasteiger partial charge < -0.3 is 19.7 Å². The summed E-state index contributed by atoms with van der Waals surface area (Å²) < 4.78 is 7.53. The highest BCUT2D eigenvalue weighted by molar-refractivity contribution is 5.96. The molecule has 5 nitrogen and oxygen atoms in total. The maximum atomic E-state index is 12.7. The molecule has 2 atom stereocenters. The minimum absolute atomic E-state index is 0.166. The summed E-state index contributed by atoms with van der Waals surface area (Å²) in [5.74, 6) is -0.166. The normalized spacial score (nSPS) is 22.6. The molecule has 0 saturated carbocycles. The first kappa shape index (κ1) is 18.7. The van der Waals surface area contributed by atoms with Crippen LogP contribution in [0.15, 0.2) is 24.3 Å². The fourth-order valence-corrected chi connectivity index (χ4v) is 3.80. The lowest BCUT2D eigenvalue weighted by Gasteiger charge is -2.26. The van der Waals surface area contributed by atoms with Gasteiger partial charge >= 0.3 is 0 Å². The number of amides is 1. The van der Waals surface area contributed by atoms with Gasteiger partial charge in [0.1, 0.15) is 5.60 Å². The number of nitrogens with zero attached hydrogens (tertiary/aromatic N) is 1. The van der Waals surface area contributed by atoms with Crippen LogP contribution in [0.3, 0.4) is 0 Å². The highest BCUT2D eigenvalue weighted by Gasteiger charge is 2.39. The third kappa shape index (κ3) is 3.41. The lowest BCUT2D eigenvalue weighted by Crippen LogP contribution is -2.47. The predicted molar refractivity (Wildman–Crippen MR) is 102 cm³/mol. The number of carbonyl (C=O) groups excluding carboxylic acids is 1. The van der Waals surface area contributed by atoms with Gasteiger partial charge in [-0.3, -0.25) is 4.79 Å². The molecule has 2 aromatic rings. The largest absolute Gasteiger partial charge is 0.385 e. The van der Waals surface area contributed by atoms with Crippen LogP contribution in [0.2, 0.25) is 0 Å². The number of ether oxygens (including phenoxy) is 1. The van der Waals surface area contributed by atoms with Crippen LogP contribution in [0.1, 0.15) is 46.2 Å². The molecule has 0 radical (unpaired) electrons. The van der Waals surface area contributed by atoms with Gasteiger partial charge in [-0.15, -0.1) is 0 Å². The van der Waals surface area contributed by atoms with Crippen molar-refractivity contribution in [2.24, 2.45) is 0 Å². The van der Waals surface area contributed by atoms with Crippen molar-refractivity contribution in [2.75, 3.05) is 13.2 Å². The lowest BCUT2D eigenvalue weighted by molar-refractivity contribution is -0.0251. The summed E-state index contributed by atoms with van der Waals surface area (Å²) in [5, 5.41) is 13.5. The molecular weight excluding hydrogens is 328 g/mol. The minimum Gasteiger partial charge on any atom is -0.385 e. The molecule has 1 aromatic carbocycles. The van der Waals surface area contributed by atoms with E-state index < -0.39 is 5.60 Å². The highest BCUT2D eigenvalue weighted by atomic mass is 16.5. The number of nitrogens with one attached hydrogen (secondary N) is 1. The van der Waals surface area contributed by atoms with Crippen LogP contribution in [0.5, 0.6) is 0 Å². The molecule has 5 heteroatoms. The van der Waals surface area contributed by atoms with Crippen LogP contribution in [0.25, 0.3) is 5.69 Å². The van der Waals surface area contributed by atoms with E-state index in [-0.39, 0.29) is 18.6 Å². The summed E-state index contributed by atoms with van der Waals surface area (Å²) >= 11 is 0. The predicted octanol–water partition coefficient (Wildman–Crippen LogP) is 2.98. The van der Waals surface area contributed by atoms with Crippen molar-refractivity contribution in [1.82, 2.24) is 9.88 Å². The Kier molecular flexibility index (Phi) is 4.95. The van der Waals surface area contributed by atoms with E-state index in [4.69, 9.17) is 4.74 Å². The van der Waals surface area contributed by atoms with Crippen molar-refractivity contribution in [3.8, 4) is 5.69 Å². The second kappa shape index (κ2) is 6.89. The van der Waals surface area contributed by atoms with Crippen molar-refractivity contribution in [2.45, 2.75) is 52.7 Å². The summed E-state index contributed by atoms with van der Waals surface area (Å²) in [6.45, 7) is 10.7. The molecule has 1 saturated heterocycles. The van der Waals surface area contributed by atoms with E-state index in [1.54, 1.807) is 0 Å². The van der Waals surface area contributed by atoms with Crippen LogP contribution in [-0.4, -0.2) is 40.4 Å². The second-order valence-electron chi connectivity index (χ2n) is 7.52. The summed E-state index contributed by atoms with van der Waals surface area (Å²) in [6.07, 6.45) is 0.265. The molecular formula is C21H28N2O3. The smallest absolute Gasteiger partial charge is 0.253 e. The zero-order valence-corrected chi connectivity index (χ0v) is 16.2. The molecule has 0 unspecified atom stereocenters. The molecule has 2 heterocycles. The molecule has 1 aliphatic heterocycles. The number of hydrogen-bond acceptors (Lipinski definition) is 3. The Bertz CT molecular complexity index is 820. The fourth-order valence-electron chi connectivity index (χ4n) is 3.80. The molecule has 0 bridgehead atoms. The van der Waals surface area contributed by atoms with Crippen LogP contribution >= 0.6 is 0 Å². The maximum absolute atomic E-state index is 12.7. The molecule has 1 fully saturated rings. The number of aliphatic hydroxyl groups is 1. The van der Waals surface area contributed by atoms with Crippen LogP contribution in [0, 0.1) is 27.7 Å². The van der Waals surface area contributed by atoms with E-state index in [1.165, 1.54) is 11.1 Å². The Labute approximate surface area is 155 Å². The number of rotatable bonds is 4. The Morgan fingerprint density at radius 2 is 1.88 bits per heavy atom. The van der Waals surface area contributed by atoms with E-state index in [0.717, 1.165) is 17.1 Å². The van der Waals surface area contributed by atoms with Gasteiger partial charge in [0.15, 0.2) is 0 Å². The van der Waals surface area contributed by atoms with Gasteiger partial charge in [-0.05, 0) is 63.9 Å². The molecule has 0 spiro atoms. The van der Waals surface area contributed by atoms with Gasteiger partial charge in [0.25, 0.3) is 5.91 Å². The van der Waals surface area contributed by atoms with Gasteiger partial charge in [0.05, 0.1) is 11.7 Å². The van der Waals surface area contributed by atoms with Crippen molar-refractivity contribution >= 4 is 5.91 Å². The number of aromatic nitrogens is 1. The standard InChI is InChI=1S/C21H28N2O3/c1-13-8-14(2)10-18(9-13)23-15(3)11-19(16(23)4)20(24)22-12-21(25)6-7-26-17(21)5/h8-11,17,25H,6-7,12H2,1-5H3,(H,22,24)/t17-,21-/m1/s1. The van der Waals surface area contributed by atoms with Gasteiger partial charge in [-0.25, -0.2) is 0 Å². The average molecular weight is 356 g/mol. The molecule has 1 amide bonds. The number of hydrogen-bond donors (Lipinski definition) is 2. The first-order chi connectivity index (χ1) is 12.2. The summed E-state index contributed by atoms with van der Waals surface area (Å²) in [7, 11) is 0. The van der Waals surface area contributed by atoms with E-state index in [0.29, 0.717) is 18.6 Å². The van der Waals surface area contributed by atoms with E-state index in [2.05, 4.69) is 41.9 Å². The maximum Gasteiger partial charge on any atom is 0.253 e. The van der Waals surface area contributed by atoms with E-state index in [1.807, 2.05) is 26.8 Å². The topological polar surface area (TPSA) is 63.5 Å². The fraction of sp³-hybridized carbons (Fsp3) is 0.476. The summed E-state index contributed by atoms with van der Waals surface area (Å²) in [4.78, 5) is 12.7. The third-order valence-electron chi connectivity index (χ3n) is 5.36. The first-order valence-electron chi connectivity index (χ1n) is 9.11. The number of carbonyl (C=O) groups is 1. The lowest BCUT2D eigenvalue weighted by atomic mass is 9.96. The van der Waals surface area contributed by atoms with Gasteiger partial charge in [0.2, 0.25) is 0 Å². The summed E-state index contributed by atoms with van der Waals surface area (Å²) in [5.41, 5.74) is 4.99. The van der Waals surface area contributed by atoms with Gasteiger partial charge in [-0.1, -0.05) is 6.07 Å². The minimum atomic E-state index is -0.991. The van der Waals surface area contributed by atoms with Crippen LogP contribution < -0.4 is 5.32 Å². The molecule has 2 N–H and O–H groups in total. The van der Waals surface area contributed by atoms with Crippen molar-refractivity contribution in [3.63, 3.8) is 0 Å². The Morgan fingerprint density at radius 3 is 2.46 bits per heavy atom. The zero-order valence-electron chi connectivity index (χ0n) is 16.2. The summed E-state index contributed by atoms with van der Waals surface area (Å²) in [6, 6.07) is 8.28. The molecule has 26 heavy (non-hydrogen) atoms. The zero-order chi connectivity index (χ0) is 19.1. The van der Waals surface area contributed by atoms with Gasteiger partial charge in [0, 0.05) is 36.6 Å². The van der Waals surface area contributed by atoms with Crippen molar-refractivity contribution < 1.29 is 14.6 Å². The highest BCUT2D eigenvalue weighted by Crippen LogP contribution is 2.26. The number of benzene rings is 1. The van der Waals surface area contributed by atoms with Gasteiger partial charge in [-0.2, -0.15) is 0 Å². The Hall–Kier alpha value is -2.11. The molecule has 0 aliphatic carbocycles. The number of aryl methyl sites for hydroxylation is 3. The molecule has 1 aromatic heterocycles. The second-order valence-corrected chi connectivity index (χ2v) is 7.52.